The van der Waals surface area contributed by atoms with Crippen molar-refractivity contribution in [2.24, 2.45) is 0 Å². The van der Waals surface area contributed by atoms with Crippen molar-refractivity contribution in [3.8, 4) is 0 Å². The van der Waals surface area contributed by atoms with Gasteiger partial charge in [0.1, 0.15) is 0 Å². The van der Waals surface area contributed by atoms with Crippen molar-refractivity contribution in [3.63, 3.8) is 0 Å². The van der Waals surface area contributed by atoms with Gasteiger partial charge in [0.2, 0.25) is 0 Å². The van der Waals surface area contributed by atoms with Crippen LogP contribution in [0.15, 0.2) is 93.3 Å². The number of aromatic nitrogens is 2. The Kier molecular flexibility index (Phi) is 9.05. The molecule has 4 aliphatic carbocycles. The van der Waals surface area contributed by atoms with Crippen LogP contribution in [0.2, 0.25) is 0 Å². The van der Waals surface area contributed by atoms with Gasteiger partial charge < -0.3 is 0 Å². The molecule has 4 aromatic rings. The number of nitrogens with zero attached hydrogens (tertiary/aromatic N) is 2. The molecule has 0 spiro atoms. The van der Waals surface area contributed by atoms with E-state index < -0.39 is 39.9 Å². The Morgan fingerprint density at radius 3 is 1.27 bits per heavy atom. The summed E-state index contributed by atoms with van der Waals surface area (Å²) in [4.78, 5) is 0. The fourth-order valence-electron chi connectivity index (χ4n) is 8.82. The normalized spacial score (nSPS) is 17.0. The average Bonchev–Trinajstić information content (AvgIpc) is 3.93. The van der Waals surface area contributed by atoms with Gasteiger partial charge in [0.15, 0.2) is 0 Å². The predicted molar refractivity (Wildman–Crippen MR) is 185 cm³/mol. The summed E-state index contributed by atoms with van der Waals surface area (Å²) in [6.07, 6.45) is 30.4. The minimum atomic E-state index is -4.87. The first kappa shape index (κ1) is 32.6. The van der Waals surface area contributed by atoms with Crippen molar-refractivity contribution < 1.29 is 34.2 Å². The molecule has 0 saturated heterocycles. The molecule has 2 nitrogen and oxygen atoms in total. The van der Waals surface area contributed by atoms with Crippen LogP contribution in [0.1, 0.15) is 71.9 Å². The summed E-state index contributed by atoms with van der Waals surface area (Å²) in [5, 5.41) is 0. The molecule has 0 aliphatic heterocycles. The van der Waals surface area contributed by atoms with Crippen LogP contribution in [0.3, 0.4) is 0 Å². The summed E-state index contributed by atoms with van der Waals surface area (Å²) in [5.41, 5.74) is 6.16. The summed E-state index contributed by atoms with van der Waals surface area (Å²) in [5.74, 6) is -2.75. The second-order valence-electron chi connectivity index (χ2n) is 14.2. The molecule has 0 bridgehead atoms. The number of allylic oxidation sites excluding steroid dienone is 8. The fraction of sp³-hybridized carbons (Fsp3) is 0.333. The molecule has 0 fully saturated rings. The summed E-state index contributed by atoms with van der Waals surface area (Å²) in [6, 6.07) is 5.70. The molecular weight excluding hydrogens is 656 g/mol. The van der Waals surface area contributed by atoms with E-state index in [1.165, 1.54) is 72.2 Å². The van der Waals surface area contributed by atoms with Crippen molar-refractivity contribution in [2.75, 3.05) is 0 Å². The van der Waals surface area contributed by atoms with Gasteiger partial charge in [-0.25, -0.2) is 0 Å². The van der Waals surface area contributed by atoms with E-state index in [0.717, 1.165) is 33.4 Å². The molecule has 4 aliphatic rings. The number of fused-ring (bicyclic) bond motifs is 2. The second-order valence-corrected chi connectivity index (χ2v) is 20.1. The van der Waals surface area contributed by atoms with E-state index in [1.807, 2.05) is 36.5 Å². The van der Waals surface area contributed by atoms with Gasteiger partial charge in [-0.3, -0.25) is 0 Å². The van der Waals surface area contributed by atoms with Crippen LogP contribution in [-0.4, -0.2) is 9.13 Å². The first-order valence-corrected chi connectivity index (χ1v) is 21.1. The molecule has 0 atom stereocenters. The average molecular weight is 699 g/mol. The molecule has 7 heteroatoms. The van der Waals surface area contributed by atoms with Crippen molar-refractivity contribution in [1.29, 1.82) is 0 Å². The molecular formula is C42H42F4N2Ti. The zero-order chi connectivity index (χ0) is 33.5. The number of hydrogen-bond donors (Lipinski definition) is 0. The van der Waals surface area contributed by atoms with Crippen LogP contribution in [0.5, 0.6) is 0 Å². The number of rotatable bonds is 10. The van der Waals surface area contributed by atoms with Gasteiger partial charge in [0.05, 0.1) is 0 Å². The van der Waals surface area contributed by atoms with E-state index in [0.29, 0.717) is 49.9 Å². The number of halogens is 4. The van der Waals surface area contributed by atoms with Gasteiger partial charge in [-0.05, 0) is 0 Å². The van der Waals surface area contributed by atoms with E-state index in [4.69, 9.17) is 0 Å². The number of hydrogen-bond acceptors (Lipinski definition) is 0. The van der Waals surface area contributed by atoms with Crippen LogP contribution < -0.4 is 7.74 Å². The first-order valence-electron chi connectivity index (χ1n) is 18.0. The Morgan fingerprint density at radius 1 is 0.531 bits per heavy atom. The van der Waals surface area contributed by atoms with Gasteiger partial charge in [-0.2, -0.15) is 0 Å². The Bertz CT molecular complexity index is 1850. The van der Waals surface area contributed by atoms with Crippen LogP contribution in [-0.2, 0) is 68.2 Å². The van der Waals surface area contributed by atoms with Crippen molar-refractivity contribution in [1.82, 2.24) is 9.13 Å². The van der Waals surface area contributed by atoms with Gasteiger partial charge in [-0.1, -0.05) is 0 Å². The van der Waals surface area contributed by atoms with Crippen LogP contribution in [0, 0.1) is 23.3 Å². The molecule has 8 rings (SSSR count). The maximum atomic E-state index is 17.3. The van der Waals surface area contributed by atoms with Crippen LogP contribution in [0.4, 0.5) is 17.6 Å². The van der Waals surface area contributed by atoms with Crippen molar-refractivity contribution in [3.05, 3.63) is 150 Å². The molecule has 252 valence electrons. The van der Waals surface area contributed by atoms with Crippen molar-refractivity contribution in [2.45, 2.75) is 90.1 Å². The molecule has 0 amide bonds. The first-order chi connectivity index (χ1) is 23.9. The summed E-state index contributed by atoms with van der Waals surface area (Å²) in [6.45, 7) is 1.09. The van der Waals surface area contributed by atoms with E-state index in [9.17, 15) is 0 Å². The third kappa shape index (κ3) is 5.89. The molecule has 0 saturated carbocycles. The Hall–Kier alpha value is -3.61. The molecule has 49 heavy (non-hydrogen) atoms. The number of benzene rings is 2. The predicted octanol–water partition coefficient (Wildman–Crippen LogP) is 8.88. The zero-order valence-electron chi connectivity index (χ0n) is 27.9. The standard InChI is InChI=1S/2C16H16F2N.2C5H5.Ti/c2*17-15-6-5-12(16(18)9-15)7-8-19-10-13-3-1-2-4-14(13)11-19;2*1-2-4-5-3-1;/h2*5-6,10-11H,1-4,7-8H2;2*1-3H,4H2;. The molecule has 2 aromatic heterocycles. The summed E-state index contributed by atoms with van der Waals surface area (Å²) < 4.78 is 73.1. The number of aryl methyl sites for hydroxylation is 8. The fourth-order valence-corrected chi connectivity index (χ4v) is 17.2. The SMILES string of the molecule is Fc1ccc(CCn2cc3c(c2)CCCC3)c(F)[c]1[Ti]([C]1=CC=CC1)([C]1=CC=CC1)[c]1c(F)ccc(CCn2cc3c(c2)CCCC3)c1F. The molecule has 2 heterocycles. The van der Waals surface area contributed by atoms with Gasteiger partial charge in [-0.15, -0.1) is 0 Å². The van der Waals surface area contributed by atoms with Gasteiger partial charge >= 0.3 is 291 Å². The van der Waals surface area contributed by atoms with Crippen molar-refractivity contribution >= 4 is 7.74 Å². The molecule has 0 unspecified atom stereocenters. The van der Waals surface area contributed by atoms with Gasteiger partial charge in [0, 0.05) is 0 Å². The van der Waals surface area contributed by atoms with Gasteiger partial charge in [0.25, 0.3) is 0 Å². The van der Waals surface area contributed by atoms with Crippen LogP contribution in [0.25, 0.3) is 0 Å². The second kappa shape index (κ2) is 13.6. The Balaban J connectivity index is 1.23. The minimum absolute atomic E-state index is 0.109. The summed E-state index contributed by atoms with van der Waals surface area (Å²) >= 11 is -4.87. The maximum absolute atomic E-state index is 17.3. The Labute approximate surface area is 289 Å². The monoisotopic (exact) mass is 698 g/mol. The molecule has 2 aromatic carbocycles. The van der Waals surface area contributed by atoms with Crippen LogP contribution >= 0.6 is 0 Å². The summed E-state index contributed by atoms with van der Waals surface area (Å²) in [7, 11) is 0. The molecule has 0 N–H and O–H groups in total. The van der Waals surface area contributed by atoms with E-state index in [-0.39, 0.29) is 7.74 Å². The Morgan fingerprint density at radius 2 is 0.918 bits per heavy atom. The zero-order valence-corrected chi connectivity index (χ0v) is 29.5. The topological polar surface area (TPSA) is 9.86 Å². The quantitative estimate of drug-likeness (QED) is 0.116. The third-order valence-electron chi connectivity index (χ3n) is 11.3. The van der Waals surface area contributed by atoms with E-state index >= 15 is 17.6 Å². The molecule has 0 radical (unpaired) electrons. The van der Waals surface area contributed by atoms with E-state index in [1.54, 1.807) is 0 Å². The van der Waals surface area contributed by atoms with E-state index in [2.05, 4.69) is 33.9 Å². The third-order valence-corrected chi connectivity index (χ3v) is 19.2.